The maximum Gasteiger partial charge on any atom is 0.328 e. The fourth-order valence-corrected chi connectivity index (χ4v) is 2.52. The average molecular weight is 306 g/mol. The Kier molecular flexibility index (Phi) is 4.49. The van der Waals surface area contributed by atoms with E-state index < -0.39 is 5.97 Å². The predicted molar refractivity (Wildman–Crippen MR) is 77.9 cm³/mol. The molecule has 110 valence electrons. The Labute approximate surface area is 124 Å². The highest BCUT2D eigenvalue weighted by Crippen LogP contribution is 2.17. The molecule has 0 aliphatic carbocycles. The molecule has 0 spiro atoms. The number of aryl methyl sites for hydroxylation is 1. The van der Waals surface area contributed by atoms with E-state index in [0.717, 1.165) is 6.08 Å². The zero-order chi connectivity index (χ0) is 15.4. The summed E-state index contributed by atoms with van der Waals surface area (Å²) >= 11 is 1.30. The molecule has 0 radical (unpaired) electrons. The molecule has 1 atom stereocenters. The highest BCUT2D eigenvalue weighted by Gasteiger charge is 2.16. The molecule has 0 fully saturated rings. The summed E-state index contributed by atoms with van der Waals surface area (Å²) in [5, 5.41) is 20.8. The summed E-state index contributed by atoms with van der Waals surface area (Å²) in [5.41, 5.74) is 0.485. The fourth-order valence-electron chi connectivity index (χ4n) is 1.74. The monoisotopic (exact) mass is 306 g/mol. The summed E-state index contributed by atoms with van der Waals surface area (Å²) < 4.78 is 1.74. The van der Waals surface area contributed by atoms with Crippen molar-refractivity contribution in [2.75, 3.05) is 0 Å². The van der Waals surface area contributed by atoms with Crippen molar-refractivity contribution in [3.05, 3.63) is 40.1 Å². The SMILES string of the molecule is CC(NC(=O)c1csc(C=CC(=O)O)c1)c1nncn1C. The smallest absolute Gasteiger partial charge is 0.328 e. The van der Waals surface area contributed by atoms with E-state index in [1.165, 1.54) is 17.4 Å². The number of nitrogens with one attached hydrogen (secondary N) is 1. The summed E-state index contributed by atoms with van der Waals surface area (Å²) in [6, 6.07) is 1.37. The van der Waals surface area contributed by atoms with Crippen LogP contribution in [0.3, 0.4) is 0 Å². The van der Waals surface area contributed by atoms with Gasteiger partial charge in [0.2, 0.25) is 0 Å². The van der Waals surface area contributed by atoms with Gasteiger partial charge in [-0.15, -0.1) is 21.5 Å². The van der Waals surface area contributed by atoms with E-state index in [1.807, 2.05) is 6.92 Å². The number of thiophene rings is 1. The molecular weight excluding hydrogens is 292 g/mol. The quantitative estimate of drug-likeness (QED) is 0.815. The Morgan fingerprint density at radius 3 is 2.90 bits per heavy atom. The fraction of sp³-hybridized carbons (Fsp3) is 0.231. The summed E-state index contributed by atoms with van der Waals surface area (Å²) in [7, 11) is 1.80. The molecule has 8 heteroatoms. The number of carbonyl (C=O) groups excluding carboxylic acids is 1. The van der Waals surface area contributed by atoms with E-state index in [1.54, 1.807) is 29.4 Å². The summed E-state index contributed by atoms with van der Waals surface area (Å²) in [6.45, 7) is 1.82. The number of aromatic nitrogens is 3. The molecule has 1 unspecified atom stereocenters. The predicted octanol–water partition coefficient (Wildman–Crippen LogP) is 1.47. The number of carboxylic acid groups (broad SMARTS) is 1. The normalized spacial score (nSPS) is 12.5. The topological polar surface area (TPSA) is 97.1 Å². The molecule has 0 aliphatic heterocycles. The Bertz CT molecular complexity index is 689. The highest BCUT2D eigenvalue weighted by molar-refractivity contribution is 7.11. The van der Waals surface area contributed by atoms with E-state index >= 15 is 0 Å². The van der Waals surface area contributed by atoms with Gasteiger partial charge in [0, 0.05) is 23.4 Å². The zero-order valence-corrected chi connectivity index (χ0v) is 12.3. The molecule has 2 aromatic rings. The first-order valence-corrected chi connectivity index (χ1v) is 6.99. The van der Waals surface area contributed by atoms with Crippen LogP contribution in [0.1, 0.15) is 34.0 Å². The largest absolute Gasteiger partial charge is 0.478 e. The zero-order valence-electron chi connectivity index (χ0n) is 11.5. The number of aliphatic carboxylic acids is 1. The number of hydrogen-bond acceptors (Lipinski definition) is 5. The van der Waals surface area contributed by atoms with E-state index in [-0.39, 0.29) is 11.9 Å². The molecule has 2 N–H and O–H groups in total. The van der Waals surface area contributed by atoms with Crippen LogP contribution in [0.2, 0.25) is 0 Å². The van der Waals surface area contributed by atoms with Gasteiger partial charge in [0.1, 0.15) is 6.33 Å². The maximum atomic E-state index is 12.1. The van der Waals surface area contributed by atoms with E-state index in [4.69, 9.17) is 5.11 Å². The highest BCUT2D eigenvalue weighted by atomic mass is 32.1. The second kappa shape index (κ2) is 6.31. The van der Waals surface area contributed by atoms with Crippen molar-refractivity contribution in [1.29, 1.82) is 0 Å². The van der Waals surface area contributed by atoms with Crippen LogP contribution >= 0.6 is 11.3 Å². The molecule has 1 amide bonds. The van der Waals surface area contributed by atoms with Crippen molar-refractivity contribution in [2.24, 2.45) is 7.05 Å². The van der Waals surface area contributed by atoms with Crippen molar-refractivity contribution in [3.8, 4) is 0 Å². The van der Waals surface area contributed by atoms with Gasteiger partial charge in [0.15, 0.2) is 5.82 Å². The number of carboxylic acids is 1. The third-order valence-corrected chi connectivity index (χ3v) is 3.65. The first kappa shape index (κ1) is 14.9. The number of nitrogens with zero attached hydrogens (tertiary/aromatic N) is 3. The van der Waals surface area contributed by atoms with Gasteiger partial charge in [-0.05, 0) is 19.1 Å². The third-order valence-electron chi connectivity index (χ3n) is 2.75. The number of rotatable bonds is 5. The Balaban J connectivity index is 2.04. The lowest BCUT2D eigenvalue weighted by Crippen LogP contribution is -2.28. The molecule has 0 aliphatic rings. The van der Waals surface area contributed by atoms with Gasteiger partial charge >= 0.3 is 5.97 Å². The van der Waals surface area contributed by atoms with Gasteiger partial charge in [-0.3, -0.25) is 4.79 Å². The Hall–Kier alpha value is -2.48. The minimum absolute atomic E-state index is 0.239. The van der Waals surface area contributed by atoms with Crippen LogP contribution in [0.5, 0.6) is 0 Å². The van der Waals surface area contributed by atoms with Gasteiger partial charge in [0.25, 0.3) is 5.91 Å². The second-order valence-electron chi connectivity index (χ2n) is 4.40. The van der Waals surface area contributed by atoms with E-state index in [2.05, 4.69) is 15.5 Å². The first-order chi connectivity index (χ1) is 9.97. The molecule has 2 rings (SSSR count). The van der Waals surface area contributed by atoms with Crippen LogP contribution in [0.25, 0.3) is 6.08 Å². The Morgan fingerprint density at radius 1 is 1.52 bits per heavy atom. The van der Waals surface area contributed by atoms with Gasteiger partial charge in [-0.25, -0.2) is 4.79 Å². The van der Waals surface area contributed by atoms with Crippen molar-refractivity contribution >= 4 is 29.3 Å². The molecule has 2 aromatic heterocycles. The lowest BCUT2D eigenvalue weighted by atomic mass is 10.2. The van der Waals surface area contributed by atoms with Gasteiger partial charge in [-0.2, -0.15) is 0 Å². The Morgan fingerprint density at radius 2 is 2.29 bits per heavy atom. The van der Waals surface area contributed by atoms with Crippen LogP contribution in [-0.4, -0.2) is 31.7 Å². The minimum Gasteiger partial charge on any atom is -0.478 e. The summed E-state index contributed by atoms with van der Waals surface area (Å²) in [5.74, 6) is -0.605. The average Bonchev–Trinajstić information content (AvgIpc) is 3.04. The molecule has 21 heavy (non-hydrogen) atoms. The number of amides is 1. The molecule has 0 bridgehead atoms. The lowest BCUT2D eigenvalue weighted by molar-refractivity contribution is -0.131. The maximum absolute atomic E-state index is 12.1. The molecule has 7 nitrogen and oxygen atoms in total. The van der Waals surface area contributed by atoms with Crippen LogP contribution in [0.15, 0.2) is 23.8 Å². The second-order valence-corrected chi connectivity index (χ2v) is 5.35. The third kappa shape index (κ3) is 3.76. The first-order valence-electron chi connectivity index (χ1n) is 6.11. The lowest BCUT2D eigenvalue weighted by Gasteiger charge is -2.12. The van der Waals surface area contributed by atoms with Crippen molar-refractivity contribution in [2.45, 2.75) is 13.0 Å². The van der Waals surface area contributed by atoms with E-state index in [0.29, 0.717) is 16.3 Å². The summed E-state index contributed by atoms with van der Waals surface area (Å²) in [6.07, 6.45) is 4.06. The van der Waals surface area contributed by atoms with Crippen molar-refractivity contribution in [3.63, 3.8) is 0 Å². The number of carbonyl (C=O) groups is 2. The molecular formula is C13H14N4O3S. The molecule has 0 saturated heterocycles. The summed E-state index contributed by atoms with van der Waals surface area (Å²) in [4.78, 5) is 23.3. The molecule has 0 aromatic carbocycles. The van der Waals surface area contributed by atoms with Gasteiger partial charge in [0.05, 0.1) is 11.6 Å². The van der Waals surface area contributed by atoms with Gasteiger partial charge in [-0.1, -0.05) is 0 Å². The molecule has 2 heterocycles. The van der Waals surface area contributed by atoms with Crippen LogP contribution < -0.4 is 5.32 Å². The van der Waals surface area contributed by atoms with Crippen LogP contribution in [0.4, 0.5) is 0 Å². The van der Waals surface area contributed by atoms with Crippen molar-refractivity contribution < 1.29 is 14.7 Å². The van der Waals surface area contributed by atoms with E-state index in [9.17, 15) is 9.59 Å². The molecule has 0 saturated carbocycles. The standard InChI is InChI=1S/C13H14N4O3S/c1-8(12-16-14-7-17(12)2)15-13(20)9-5-10(21-6-9)3-4-11(18)19/h3-8H,1-2H3,(H,15,20)(H,18,19). The van der Waals surface area contributed by atoms with Crippen LogP contribution in [0, 0.1) is 0 Å². The van der Waals surface area contributed by atoms with Gasteiger partial charge < -0.3 is 15.0 Å². The van der Waals surface area contributed by atoms with Crippen molar-refractivity contribution in [1.82, 2.24) is 20.1 Å². The number of hydrogen-bond donors (Lipinski definition) is 2. The van der Waals surface area contributed by atoms with Crippen LogP contribution in [-0.2, 0) is 11.8 Å². The minimum atomic E-state index is -1.02.